The lowest BCUT2D eigenvalue weighted by atomic mass is 9.82. The van der Waals surface area contributed by atoms with E-state index >= 15 is 0 Å². The fourth-order valence-corrected chi connectivity index (χ4v) is 3.62. The first-order chi connectivity index (χ1) is 10.2. The van der Waals surface area contributed by atoms with Crippen molar-refractivity contribution >= 4 is 11.9 Å². The highest BCUT2D eigenvalue weighted by Gasteiger charge is 2.70. The fraction of sp³-hybridized carbons (Fsp3) is 0.875. The van der Waals surface area contributed by atoms with Crippen molar-refractivity contribution in [3.05, 3.63) is 0 Å². The fourth-order valence-electron chi connectivity index (χ4n) is 3.62. The molecule has 4 nitrogen and oxygen atoms in total. The summed E-state index contributed by atoms with van der Waals surface area (Å²) in [5.41, 5.74) is -0.813. The van der Waals surface area contributed by atoms with E-state index in [1.807, 2.05) is 13.8 Å². The summed E-state index contributed by atoms with van der Waals surface area (Å²) < 4.78 is 26.6. The van der Waals surface area contributed by atoms with Gasteiger partial charge in [-0.15, -0.1) is 0 Å². The standard InChI is InChI=1S/C16H25F2NO3/c1-10(2)7-11(8-13(20)21)14(22)19-12-3-5-15(6-4-12)9-16(15,17)18/h10-12H,3-9H2,1-2H3,(H,19,22)(H,20,21). The van der Waals surface area contributed by atoms with Crippen LogP contribution in [0.4, 0.5) is 8.78 Å². The number of nitrogens with one attached hydrogen (secondary N) is 1. The topological polar surface area (TPSA) is 66.4 Å². The maximum absolute atomic E-state index is 13.3. The van der Waals surface area contributed by atoms with Gasteiger partial charge in [-0.25, -0.2) is 8.78 Å². The monoisotopic (exact) mass is 317 g/mol. The van der Waals surface area contributed by atoms with Crippen molar-refractivity contribution in [2.75, 3.05) is 0 Å². The van der Waals surface area contributed by atoms with Gasteiger partial charge < -0.3 is 10.4 Å². The molecule has 2 rings (SSSR count). The Morgan fingerprint density at radius 1 is 1.27 bits per heavy atom. The lowest BCUT2D eigenvalue weighted by molar-refractivity contribution is -0.141. The Morgan fingerprint density at radius 2 is 1.82 bits per heavy atom. The number of carbonyl (C=O) groups excluding carboxylic acids is 1. The number of hydrogen-bond acceptors (Lipinski definition) is 2. The summed E-state index contributed by atoms with van der Waals surface area (Å²) in [7, 11) is 0. The van der Waals surface area contributed by atoms with E-state index in [0.29, 0.717) is 32.1 Å². The highest BCUT2D eigenvalue weighted by Crippen LogP contribution is 2.67. The molecule has 2 aliphatic carbocycles. The van der Waals surface area contributed by atoms with Crippen LogP contribution in [0.5, 0.6) is 0 Å². The van der Waals surface area contributed by atoms with Crippen LogP contribution in [-0.2, 0) is 9.59 Å². The molecule has 0 aliphatic heterocycles. The molecule has 0 heterocycles. The van der Waals surface area contributed by atoms with Gasteiger partial charge in [-0.1, -0.05) is 13.8 Å². The SMILES string of the molecule is CC(C)CC(CC(=O)O)C(=O)NC1CCC2(CC1)CC2(F)F. The number of carbonyl (C=O) groups is 2. The number of aliphatic carboxylic acids is 1. The first kappa shape index (κ1) is 17.2. The minimum absolute atomic E-state index is 0.0182. The lowest BCUT2D eigenvalue weighted by Crippen LogP contribution is -2.42. The Kier molecular flexibility index (Phi) is 4.78. The minimum atomic E-state index is -2.52. The van der Waals surface area contributed by atoms with Crippen LogP contribution in [-0.4, -0.2) is 28.9 Å². The Bertz CT molecular complexity index is 443. The third kappa shape index (κ3) is 3.76. The molecule has 6 heteroatoms. The summed E-state index contributed by atoms with van der Waals surface area (Å²) in [6.07, 6.45) is 2.32. The van der Waals surface area contributed by atoms with E-state index in [4.69, 9.17) is 5.11 Å². The van der Waals surface area contributed by atoms with E-state index in [9.17, 15) is 18.4 Å². The quantitative estimate of drug-likeness (QED) is 0.790. The molecule has 0 saturated heterocycles. The van der Waals surface area contributed by atoms with E-state index < -0.39 is 23.2 Å². The van der Waals surface area contributed by atoms with Gasteiger partial charge in [0.05, 0.1) is 6.42 Å². The van der Waals surface area contributed by atoms with Crippen LogP contribution in [0.2, 0.25) is 0 Å². The third-order valence-electron chi connectivity index (χ3n) is 5.05. The zero-order valence-electron chi connectivity index (χ0n) is 13.2. The van der Waals surface area contributed by atoms with Gasteiger partial charge in [-0.2, -0.15) is 0 Å². The molecule has 2 aliphatic rings. The van der Waals surface area contributed by atoms with Gasteiger partial charge in [-0.05, 0) is 38.0 Å². The number of alkyl halides is 2. The smallest absolute Gasteiger partial charge is 0.304 e. The molecule has 2 saturated carbocycles. The van der Waals surface area contributed by atoms with E-state index in [2.05, 4.69) is 5.32 Å². The van der Waals surface area contributed by atoms with Crippen molar-refractivity contribution in [2.24, 2.45) is 17.3 Å². The zero-order chi connectivity index (χ0) is 16.5. The molecule has 0 radical (unpaired) electrons. The maximum Gasteiger partial charge on any atom is 0.304 e. The number of carboxylic acid groups (broad SMARTS) is 1. The molecule has 22 heavy (non-hydrogen) atoms. The van der Waals surface area contributed by atoms with Crippen LogP contribution in [0.3, 0.4) is 0 Å². The van der Waals surface area contributed by atoms with E-state index in [0.717, 1.165) is 0 Å². The van der Waals surface area contributed by atoms with E-state index in [1.54, 1.807) is 0 Å². The van der Waals surface area contributed by atoms with Crippen molar-refractivity contribution in [2.45, 2.75) is 70.8 Å². The minimum Gasteiger partial charge on any atom is -0.481 e. The molecule has 1 spiro atoms. The molecule has 0 aromatic carbocycles. The average Bonchev–Trinajstić information content (AvgIpc) is 2.91. The van der Waals surface area contributed by atoms with Gasteiger partial charge in [0.25, 0.3) is 5.92 Å². The van der Waals surface area contributed by atoms with Crippen molar-refractivity contribution in [3.63, 3.8) is 0 Å². The van der Waals surface area contributed by atoms with Crippen molar-refractivity contribution in [1.29, 1.82) is 0 Å². The molecule has 0 bridgehead atoms. The molecule has 0 aromatic rings. The van der Waals surface area contributed by atoms with Gasteiger partial charge in [0, 0.05) is 23.8 Å². The second-order valence-electron chi connectivity index (χ2n) is 7.37. The molecule has 1 unspecified atom stereocenters. The van der Waals surface area contributed by atoms with E-state index in [-0.39, 0.29) is 30.7 Å². The summed E-state index contributed by atoms with van der Waals surface area (Å²) >= 11 is 0. The predicted molar refractivity (Wildman–Crippen MR) is 77.6 cm³/mol. The van der Waals surface area contributed by atoms with Crippen LogP contribution in [0, 0.1) is 17.3 Å². The van der Waals surface area contributed by atoms with Crippen LogP contribution in [0.15, 0.2) is 0 Å². The molecule has 2 N–H and O–H groups in total. The summed E-state index contributed by atoms with van der Waals surface area (Å²) in [4.78, 5) is 23.2. The summed E-state index contributed by atoms with van der Waals surface area (Å²) in [5, 5.41) is 11.8. The Balaban J connectivity index is 1.84. The molecular weight excluding hydrogens is 292 g/mol. The first-order valence-electron chi connectivity index (χ1n) is 8.05. The van der Waals surface area contributed by atoms with Gasteiger partial charge in [0.15, 0.2) is 0 Å². The van der Waals surface area contributed by atoms with Gasteiger partial charge in [0.2, 0.25) is 5.91 Å². The van der Waals surface area contributed by atoms with Crippen LogP contribution >= 0.6 is 0 Å². The van der Waals surface area contributed by atoms with Crippen LogP contribution in [0.1, 0.15) is 58.8 Å². The number of hydrogen-bond donors (Lipinski definition) is 2. The number of rotatable bonds is 6. The number of halogens is 2. The molecule has 126 valence electrons. The summed E-state index contributed by atoms with van der Waals surface area (Å²) in [5.74, 6) is -4.07. The maximum atomic E-state index is 13.3. The van der Waals surface area contributed by atoms with E-state index in [1.165, 1.54) is 0 Å². The zero-order valence-corrected chi connectivity index (χ0v) is 13.2. The molecule has 1 amide bonds. The molecule has 2 fully saturated rings. The second-order valence-corrected chi connectivity index (χ2v) is 7.37. The normalized spacial score (nSPS) is 31.0. The lowest BCUT2D eigenvalue weighted by Gasteiger charge is -2.30. The molecule has 0 aromatic heterocycles. The van der Waals surface area contributed by atoms with Crippen LogP contribution < -0.4 is 5.32 Å². The molecule has 1 atom stereocenters. The van der Waals surface area contributed by atoms with Crippen LogP contribution in [0.25, 0.3) is 0 Å². The predicted octanol–water partition coefficient (Wildman–Crippen LogP) is 3.21. The Labute approximate surface area is 129 Å². The second kappa shape index (κ2) is 6.13. The Morgan fingerprint density at radius 3 is 2.23 bits per heavy atom. The summed E-state index contributed by atoms with van der Waals surface area (Å²) in [6.45, 7) is 3.89. The van der Waals surface area contributed by atoms with Crippen molar-refractivity contribution in [1.82, 2.24) is 5.32 Å². The van der Waals surface area contributed by atoms with Gasteiger partial charge in [0.1, 0.15) is 0 Å². The van der Waals surface area contributed by atoms with Crippen molar-refractivity contribution in [3.8, 4) is 0 Å². The largest absolute Gasteiger partial charge is 0.481 e. The third-order valence-corrected chi connectivity index (χ3v) is 5.05. The first-order valence-corrected chi connectivity index (χ1v) is 8.05. The number of carboxylic acids is 1. The average molecular weight is 317 g/mol. The number of amides is 1. The Hall–Kier alpha value is -1.20. The summed E-state index contributed by atoms with van der Waals surface area (Å²) in [6, 6.07) is -0.0991. The van der Waals surface area contributed by atoms with Crippen molar-refractivity contribution < 1.29 is 23.5 Å². The van der Waals surface area contributed by atoms with Gasteiger partial charge >= 0.3 is 5.97 Å². The highest BCUT2D eigenvalue weighted by atomic mass is 19.3. The molecular formula is C16H25F2NO3. The van der Waals surface area contributed by atoms with Gasteiger partial charge in [-0.3, -0.25) is 9.59 Å². The highest BCUT2D eigenvalue weighted by molar-refractivity contribution is 5.83.